The van der Waals surface area contributed by atoms with Gasteiger partial charge >= 0.3 is 0 Å². The van der Waals surface area contributed by atoms with Crippen molar-refractivity contribution in [2.45, 2.75) is 33.1 Å². The predicted molar refractivity (Wildman–Crippen MR) is 90.7 cm³/mol. The molecular formula is C20H21N. The minimum Gasteiger partial charge on any atom is -0.256 e. The first-order chi connectivity index (χ1) is 10.2. The van der Waals surface area contributed by atoms with Crippen LogP contribution in [0.5, 0.6) is 0 Å². The van der Waals surface area contributed by atoms with Gasteiger partial charge in [-0.2, -0.15) is 0 Å². The molecule has 1 aliphatic carbocycles. The van der Waals surface area contributed by atoms with Crippen LogP contribution in [0, 0.1) is 0 Å². The first-order valence-corrected chi connectivity index (χ1v) is 7.68. The van der Waals surface area contributed by atoms with Crippen molar-refractivity contribution in [1.82, 2.24) is 4.98 Å². The molecule has 0 unspecified atom stereocenters. The Morgan fingerprint density at radius 2 is 1.48 bits per heavy atom. The lowest BCUT2D eigenvalue weighted by molar-refractivity contribution is 0.645. The summed E-state index contributed by atoms with van der Waals surface area (Å²) < 4.78 is 0. The van der Waals surface area contributed by atoms with E-state index in [1.165, 1.54) is 27.6 Å². The fourth-order valence-electron chi connectivity index (χ4n) is 3.36. The Hall–Kier alpha value is -2.15. The van der Waals surface area contributed by atoms with E-state index >= 15 is 0 Å². The van der Waals surface area contributed by atoms with E-state index in [4.69, 9.17) is 0 Å². The van der Waals surface area contributed by atoms with Gasteiger partial charge in [-0.15, -0.1) is 0 Å². The molecule has 0 atom stereocenters. The standard InChI is InChI=1S/C18H15N.C2H6/c1-18(2)14-7-4-3-6-12(14)13-10-11-19-16-9-5-8-15(18)17(13)16;1-2/h3-11H,1-2H3;1-2H3. The summed E-state index contributed by atoms with van der Waals surface area (Å²) in [5.41, 5.74) is 6.58. The highest BCUT2D eigenvalue weighted by Gasteiger charge is 2.32. The lowest BCUT2D eigenvalue weighted by Crippen LogP contribution is -2.23. The topological polar surface area (TPSA) is 12.9 Å². The highest BCUT2D eigenvalue weighted by atomic mass is 14.7. The molecule has 0 fully saturated rings. The van der Waals surface area contributed by atoms with Gasteiger partial charge in [0.1, 0.15) is 0 Å². The van der Waals surface area contributed by atoms with Gasteiger partial charge in [-0.25, -0.2) is 0 Å². The van der Waals surface area contributed by atoms with Crippen molar-refractivity contribution >= 4 is 10.9 Å². The summed E-state index contributed by atoms with van der Waals surface area (Å²) in [6.45, 7) is 8.60. The van der Waals surface area contributed by atoms with E-state index in [9.17, 15) is 0 Å². The molecule has 0 saturated heterocycles. The van der Waals surface area contributed by atoms with E-state index in [0.29, 0.717) is 0 Å². The van der Waals surface area contributed by atoms with E-state index in [1.807, 2.05) is 20.0 Å². The zero-order valence-electron chi connectivity index (χ0n) is 13.1. The summed E-state index contributed by atoms with van der Waals surface area (Å²) in [5, 5.41) is 1.31. The van der Waals surface area contributed by atoms with Gasteiger partial charge in [0, 0.05) is 17.0 Å². The van der Waals surface area contributed by atoms with Crippen LogP contribution in [-0.4, -0.2) is 4.98 Å². The number of pyridine rings is 1. The number of hydrogen-bond donors (Lipinski definition) is 0. The molecule has 1 nitrogen and oxygen atoms in total. The molecule has 3 aromatic rings. The summed E-state index contributed by atoms with van der Waals surface area (Å²) >= 11 is 0. The summed E-state index contributed by atoms with van der Waals surface area (Å²) in [6.07, 6.45) is 1.91. The van der Waals surface area contributed by atoms with Crippen molar-refractivity contribution in [3.05, 3.63) is 65.9 Å². The Labute approximate surface area is 126 Å². The third-order valence-corrected chi connectivity index (χ3v) is 4.33. The van der Waals surface area contributed by atoms with Crippen molar-refractivity contribution in [3.8, 4) is 11.1 Å². The molecule has 1 aliphatic rings. The van der Waals surface area contributed by atoms with Crippen molar-refractivity contribution in [3.63, 3.8) is 0 Å². The predicted octanol–water partition coefficient (Wildman–Crippen LogP) is 5.57. The average Bonchev–Trinajstić information content (AvgIpc) is 2.55. The second-order valence-corrected chi connectivity index (χ2v) is 5.73. The third kappa shape index (κ3) is 1.88. The first-order valence-electron chi connectivity index (χ1n) is 7.68. The summed E-state index contributed by atoms with van der Waals surface area (Å²) in [4.78, 5) is 4.52. The molecule has 1 heteroatoms. The van der Waals surface area contributed by atoms with E-state index in [-0.39, 0.29) is 5.41 Å². The fraction of sp³-hybridized carbons (Fsp3) is 0.250. The molecule has 0 N–H and O–H groups in total. The van der Waals surface area contributed by atoms with Crippen LogP contribution in [0.3, 0.4) is 0 Å². The molecule has 0 amide bonds. The van der Waals surface area contributed by atoms with Crippen molar-refractivity contribution in [2.24, 2.45) is 0 Å². The maximum atomic E-state index is 4.52. The third-order valence-electron chi connectivity index (χ3n) is 4.33. The Balaban J connectivity index is 0.000000636. The molecule has 0 radical (unpaired) electrons. The van der Waals surface area contributed by atoms with Crippen LogP contribution in [0.2, 0.25) is 0 Å². The summed E-state index contributed by atoms with van der Waals surface area (Å²) in [6, 6.07) is 17.3. The Morgan fingerprint density at radius 3 is 2.29 bits per heavy atom. The monoisotopic (exact) mass is 275 g/mol. The van der Waals surface area contributed by atoms with E-state index in [1.54, 1.807) is 0 Å². The molecule has 0 bridgehead atoms. The molecular weight excluding hydrogens is 254 g/mol. The molecule has 106 valence electrons. The number of hydrogen-bond acceptors (Lipinski definition) is 1. The van der Waals surface area contributed by atoms with Gasteiger partial charge in [0.25, 0.3) is 0 Å². The van der Waals surface area contributed by atoms with Crippen LogP contribution >= 0.6 is 0 Å². The zero-order chi connectivity index (χ0) is 15.0. The molecule has 1 aromatic heterocycles. The number of aromatic nitrogens is 1. The highest BCUT2D eigenvalue weighted by Crippen LogP contribution is 2.47. The van der Waals surface area contributed by atoms with Gasteiger partial charge in [0.15, 0.2) is 0 Å². The number of fused-ring (bicyclic) bond motifs is 2. The van der Waals surface area contributed by atoms with Crippen LogP contribution in [0.25, 0.3) is 22.0 Å². The Morgan fingerprint density at radius 1 is 0.762 bits per heavy atom. The Kier molecular flexibility index (Phi) is 3.29. The van der Waals surface area contributed by atoms with E-state index < -0.39 is 0 Å². The van der Waals surface area contributed by atoms with Gasteiger partial charge < -0.3 is 0 Å². The van der Waals surface area contributed by atoms with Gasteiger partial charge in [-0.05, 0) is 34.4 Å². The molecule has 4 rings (SSSR count). The van der Waals surface area contributed by atoms with E-state index in [2.05, 4.69) is 67.4 Å². The van der Waals surface area contributed by atoms with Crippen LogP contribution in [0.15, 0.2) is 54.7 Å². The van der Waals surface area contributed by atoms with Crippen LogP contribution in [0.1, 0.15) is 38.8 Å². The summed E-state index contributed by atoms with van der Waals surface area (Å²) in [7, 11) is 0. The van der Waals surface area contributed by atoms with Crippen LogP contribution in [-0.2, 0) is 5.41 Å². The number of benzene rings is 2. The molecule has 1 heterocycles. The smallest absolute Gasteiger partial charge is 0.0711 e. The maximum absolute atomic E-state index is 4.52. The minimum absolute atomic E-state index is 0.0339. The lowest BCUT2D eigenvalue weighted by atomic mass is 9.69. The lowest BCUT2D eigenvalue weighted by Gasteiger charge is -2.34. The quantitative estimate of drug-likeness (QED) is 0.523. The fourth-order valence-corrected chi connectivity index (χ4v) is 3.36. The minimum atomic E-state index is 0.0339. The SMILES string of the molecule is CC.CC1(C)c2ccccc2-c2ccnc3cccc1c23. The molecule has 21 heavy (non-hydrogen) atoms. The molecule has 0 aliphatic heterocycles. The number of rotatable bonds is 0. The maximum Gasteiger partial charge on any atom is 0.0711 e. The van der Waals surface area contributed by atoms with Crippen LogP contribution < -0.4 is 0 Å². The normalized spacial score (nSPS) is 14.1. The van der Waals surface area contributed by atoms with Gasteiger partial charge in [0.05, 0.1) is 5.52 Å². The first kappa shape index (κ1) is 13.8. The van der Waals surface area contributed by atoms with Gasteiger partial charge in [-0.3, -0.25) is 4.98 Å². The summed E-state index contributed by atoms with van der Waals surface area (Å²) in [5.74, 6) is 0. The van der Waals surface area contributed by atoms with Gasteiger partial charge in [0.2, 0.25) is 0 Å². The number of nitrogens with zero attached hydrogens (tertiary/aromatic N) is 1. The van der Waals surface area contributed by atoms with Crippen molar-refractivity contribution < 1.29 is 0 Å². The largest absolute Gasteiger partial charge is 0.256 e. The van der Waals surface area contributed by atoms with Gasteiger partial charge in [-0.1, -0.05) is 64.1 Å². The van der Waals surface area contributed by atoms with E-state index in [0.717, 1.165) is 5.52 Å². The molecule has 0 spiro atoms. The van der Waals surface area contributed by atoms with Crippen molar-refractivity contribution in [1.29, 1.82) is 0 Å². The van der Waals surface area contributed by atoms with Crippen molar-refractivity contribution in [2.75, 3.05) is 0 Å². The zero-order valence-corrected chi connectivity index (χ0v) is 13.1. The second-order valence-electron chi connectivity index (χ2n) is 5.73. The Bertz CT molecular complexity index is 795. The highest BCUT2D eigenvalue weighted by molar-refractivity contribution is 6.01. The molecule has 2 aromatic carbocycles. The average molecular weight is 275 g/mol. The van der Waals surface area contributed by atoms with Crippen LogP contribution in [0.4, 0.5) is 0 Å². The molecule has 0 saturated carbocycles. The second kappa shape index (κ2) is 5.00.